The lowest BCUT2D eigenvalue weighted by molar-refractivity contribution is -0.150. The summed E-state index contributed by atoms with van der Waals surface area (Å²) in [5.41, 5.74) is 0.144. The number of amides is 1. The zero-order valence-electron chi connectivity index (χ0n) is 7.61. The van der Waals surface area contributed by atoms with E-state index in [1.807, 2.05) is 0 Å². The predicted molar refractivity (Wildman–Crippen MR) is 56.2 cm³/mol. The first-order valence-electron chi connectivity index (χ1n) is 3.95. The summed E-state index contributed by atoms with van der Waals surface area (Å²) in [4.78, 5) is 14.6. The number of alkyl halides is 3. The highest BCUT2D eigenvalue weighted by Crippen LogP contribution is 2.24. The van der Waals surface area contributed by atoms with Crippen molar-refractivity contribution in [3.05, 3.63) is 21.9 Å². The van der Waals surface area contributed by atoms with E-state index in [4.69, 9.17) is 11.6 Å². The molecule has 0 saturated carbocycles. The molecule has 1 heterocycles. The smallest absolute Gasteiger partial charge is 0.324 e. The van der Waals surface area contributed by atoms with Crippen LogP contribution in [0.5, 0.6) is 0 Å². The fraction of sp³-hybridized carbons (Fsp3) is 0.250. The summed E-state index contributed by atoms with van der Waals surface area (Å²) in [6.07, 6.45) is -4.89. The zero-order chi connectivity index (χ0) is 12.3. The fourth-order valence-corrected chi connectivity index (χ4v) is 1.33. The van der Waals surface area contributed by atoms with Crippen LogP contribution in [0.15, 0.2) is 16.7 Å². The van der Waals surface area contributed by atoms with E-state index in [9.17, 15) is 18.0 Å². The maximum absolute atomic E-state index is 11.8. The number of aromatic nitrogens is 1. The first-order chi connectivity index (χ1) is 7.28. The Morgan fingerprint density at radius 2 is 2.19 bits per heavy atom. The maximum atomic E-state index is 11.8. The van der Waals surface area contributed by atoms with E-state index >= 15 is 0 Å². The number of anilines is 1. The molecule has 0 fully saturated rings. The molecule has 0 aromatic carbocycles. The van der Waals surface area contributed by atoms with Crippen molar-refractivity contribution in [1.29, 1.82) is 0 Å². The number of carbonyl (C=O) groups is 1. The third-order valence-electron chi connectivity index (χ3n) is 1.44. The standard InChI is InChI=1S/C8H5BrClF3N2O/c9-5-1-4(3-14-7(5)10)15-6(16)2-8(11,12)13/h1,3H,2H2,(H,15,16). The van der Waals surface area contributed by atoms with Gasteiger partial charge in [-0.15, -0.1) is 0 Å². The van der Waals surface area contributed by atoms with Gasteiger partial charge in [0.05, 0.1) is 16.4 Å². The Morgan fingerprint density at radius 3 is 2.69 bits per heavy atom. The Balaban J connectivity index is 2.67. The van der Waals surface area contributed by atoms with Crippen LogP contribution < -0.4 is 5.32 Å². The van der Waals surface area contributed by atoms with Gasteiger partial charge in [0.25, 0.3) is 0 Å². The molecule has 0 aliphatic carbocycles. The van der Waals surface area contributed by atoms with Gasteiger partial charge in [-0.3, -0.25) is 4.79 Å². The van der Waals surface area contributed by atoms with Crippen molar-refractivity contribution in [2.75, 3.05) is 5.32 Å². The SMILES string of the molecule is O=C(CC(F)(F)F)Nc1cnc(Cl)c(Br)c1. The van der Waals surface area contributed by atoms with Gasteiger partial charge in [-0.05, 0) is 22.0 Å². The van der Waals surface area contributed by atoms with Crippen molar-refractivity contribution in [2.24, 2.45) is 0 Å². The Morgan fingerprint density at radius 1 is 1.56 bits per heavy atom. The molecule has 88 valence electrons. The van der Waals surface area contributed by atoms with Gasteiger partial charge < -0.3 is 5.32 Å². The van der Waals surface area contributed by atoms with E-state index in [-0.39, 0.29) is 10.8 Å². The monoisotopic (exact) mass is 316 g/mol. The first-order valence-corrected chi connectivity index (χ1v) is 5.12. The van der Waals surface area contributed by atoms with Gasteiger partial charge in [0.15, 0.2) is 0 Å². The summed E-state index contributed by atoms with van der Waals surface area (Å²) >= 11 is 8.60. The number of rotatable bonds is 2. The second kappa shape index (κ2) is 5.01. The molecule has 0 aliphatic rings. The molecule has 1 aromatic rings. The van der Waals surface area contributed by atoms with Crippen LogP contribution in [0.3, 0.4) is 0 Å². The van der Waals surface area contributed by atoms with Gasteiger partial charge in [0.2, 0.25) is 5.91 Å². The minimum Gasteiger partial charge on any atom is -0.324 e. The Kier molecular flexibility index (Phi) is 4.15. The molecule has 0 radical (unpaired) electrons. The number of hydrogen-bond acceptors (Lipinski definition) is 2. The Bertz CT molecular complexity index is 411. The van der Waals surface area contributed by atoms with Gasteiger partial charge >= 0.3 is 6.18 Å². The molecule has 1 rings (SSSR count). The lowest BCUT2D eigenvalue weighted by atomic mass is 10.3. The average molecular weight is 317 g/mol. The van der Waals surface area contributed by atoms with Crippen molar-refractivity contribution >= 4 is 39.1 Å². The molecule has 0 bridgehead atoms. The highest BCUT2D eigenvalue weighted by Gasteiger charge is 2.31. The lowest BCUT2D eigenvalue weighted by Gasteiger charge is -2.07. The Hall–Kier alpha value is -0.820. The molecule has 16 heavy (non-hydrogen) atoms. The van der Waals surface area contributed by atoms with E-state index in [2.05, 4.69) is 26.2 Å². The van der Waals surface area contributed by atoms with Crippen molar-refractivity contribution in [1.82, 2.24) is 4.98 Å². The Labute approximate surface area is 102 Å². The van der Waals surface area contributed by atoms with E-state index in [1.165, 1.54) is 12.3 Å². The second-order valence-corrected chi connectivity index (χ2v) is 4.05. The van der Waals surface area contributed by atoms with Crippen LogP contribution in [0.1, 0.15) is 6.42 Å². The summed E-state index contributed by atoms with van der Waals surface area (Å²) in [5, 5.41) is 2.22. The van der Waals surface area contributed by atoms with Crippen LogP contribution in [-0.4, -0.2) is 17.1 Å². The predicted octanol–water partition coefficient (Wildman–Crippen LogP) is 3.39. The van der Waals surface area contributed by atoms with Crippen LogP contribution in [-0.2, 0) is 4.79 Å². The summed E-state index contributed by atoms with van der Waals surface area (Å²) in [5.74, 6) is -1.15. The van der Waals surface area contributed by atoms with Crippen LogP contribution >= 0.6 is 27.5 Å². The van der Waals surface area contributed by atoms with Gasteiger partial charge in [0, 0.05) is 0 Å². The fourth-order valence-electron chi connectivity index (χ4n) is 0.877. The average Bonchev–Trinajstić information content (AvgIpc) is 2.08. The first kappa shape index (κ1) is 13.2. The van der Waals surface area contributed by atoms with E-state index in [0.29, 0.717) is 4.47 Å². The molecule has 1 aromatic heterocycles. The highest BCUT2D eigenvalue weighted by atomic mass is 79.9. The van der Waals surface area contributed by atoms with E-state index in [1.54, 1.807) is 0 Å². The van der Waals surface area contributed by atoms with Crippen LogP contribution in [0.4, 0.5) is 18.9 Å². The number of nitrogens with one attached hydrogen (secondary N) is 1. The van der Waals surface area contributed by atoms with Gasteiger partial charge in [-0.25, -0.2) is 4.98 Å². The normalized spacial score (nSPS) is 11.3. The van der Waals surface area contributed by atoms with E-state index in [0.717, 1.165) is 0 Å². The third-order valence-corrected chi connectivity index (χ3v) is 2.57. The molecule has 3 nitrogen and oxygen atoms in total. The summed E-state index contributed by atoms with van der Waals surface area (Å²) < 4.78 is 35.9. The molecule has 1 N–H and O–H groups in total. The molecular formula is C8H5BrClF3N2O. The third kappa shape index (κ3) is 4.36. The number of nitrogens with zero attached hydrogens (tertiary/aromatic N) is 1. The van der Waals surface area contributed by atoms with Crippen molar-refractivity contribution in [3.63, 3.8) is 0 Å². The van der Waals surface area contributed by atoms with Crippen LogP contribution in [0.25, 0.3) is 0 Å². The van der Waals surface area contributed by atoms with Gasteiger partial charge in [-0.2, -0.15) is 13.2 Å². The van der Waals surface area contributed by atoms with Gasteiger partial charge in [-0.1, -0.05) is 11.6 Å². The molecule has 1 amide bonds. The lowest BCUT2D eigenvalue weighted by Crippen LogP contribution is -2.21. The van der Waals surface area contributed by atoms with Crippen molar-refractivity contribution in [2.45, 2.75) is 12.6 Å². The highest BCUT2D eigenvalue weighted by molar-refractivity contribution is 9.10. The topological polar surface area (TPSA) is 42.0 Å². The van der Waals surface area contributed by atoms with E-state index < -0.39 is 18.5 Å². The minimum absolute atomic E-state index is 0.144. The minimum atomic E-state index is -4.53. The van der Waals surface area contributed by atoms with Crippen LogP contribution in [0.2, 0.25) is 5.15 Å². The van der Waals surface area contributed by atoms with Gasteiger partial charge in [0.1, 0.15) is 11.6 Å². The summed E-state index contributed by atoms with van der Waals surface area (Å²) in [6.45, 7) is 0. The molecular weight excluding hydrogens is 312 g/mol. The number of halogens is 5. The number of hydrogen-bond donors (Lipinski definition) is 1. The number of pyridine rings is 1. The number of carbonyl (C=O) groups excluding carboxylic acids is 1. The van der Waals surface area contributed by atoms with Crippen LogP contribution in [0, 0.1) is 0 Å². The molecule has 0 unspecified atom stereocenters. The molecule has 8 heteroatoms. The quantitative estimate of drug-likeness (QED) is 0.850. The maximum Gasteiger partial charge on any atom is 0.397 e. The second-order valence-electron chi connectivity index (χ2n) is 2.84. The zero-order valence-corrected chi connectivity index (χ0v) is 9.95. The summed E-state index contributed by atoms with van der Waals surface area (Å²) in [6, 6.07) is 1.36. The molecule has 0 atom stereocenters. The molecule has 0 saturated heterocycles. The summed E-state index contributed by atoms with van der Waals surface area (Å²) in [7, 11) is 0. The van der Waals surface area contributed by atoms with Crippen molar-refractivity contribution in [3.8, 4) is 0 Å². The largest absolute Gasteiger partial charge is 0.397 e. The van der Waals surface area contributed by atoms with Crippen molar-refractivity contribution < 1.29 is 18.0 Å². The molecule has 0 aliphatic heterocycles. The molecule has 0 spiro atoms.